The molecule has 2 bridgehead atoms. The van der Waals surface area contributed by atoms with Crippen LogP contribution in [0.5, 0.6) is 0 Å². The number of likely N-dealkylation sites (tertiary alicyclic amines) is 1. The summed E-state index contributed by atoms with van der Waals surface area (Å²) in [6.45, 7) is 1.59. The summed E-state index contributed by atoms with van der Waals surface area (Å²) in [5.41, 5.74) is 4.77. The predicted octanol–water partition coefficient (Wildman–Crippen LogP) is 8.39. The molecule has 3 aliphatic carbocycles. The van der Waals surface area contributed by atoms with Gasteiger partial charge in [0.25, 0.3) is 0 Å². The second-order valence-corrected chi connectivity index (χ2v) is 11.5. The van der Waals surface area contributed by atoms with Gasteiger partial charge in [-0.25, -0.2) is 0 Å². The van der Waals surface area contributed by atoms with E-state index in [-0.39, 0.29) is 16.9 Å². The Labute approximate surface area is 221 Å². The average molecular weight is 510 g/mol. The molecule has 3 atom stereocenters. The molecule has 4 aliphatic rings. The van der Waals surface area contributed by atoms with Gasteiger partial charge in [0.2, 0.25) is 0 Å². The first-order chi connectivity index (χ1) is 18.4. The first-order valence-corrected chi connectivity index (χ1v) is 13.5. The third kappa shape index (κ3) is 3.50. The number of hydrogen-bond donors (Lipinski definition) is 0. The molecule has 1 aliphatic heterocycles. The van der Waals surface area contributed by atoms with Crippen LogP contribution in [0.3, 0.4) is 0 Å². The lowest BCUT2D eigenvalue weighted by atomic mass is 9.52. The molecule has 1 saturated heterocycles. The third-order valence-corrected chi connectivity index (χ3v) is 9.66. The lowest BCUT2D eigenvalue weighted by Gasteiger charge is -2.53. The van der Waals surface area contributed by atoms with Gasteiger partial charge in [0.15, 0.2) is 0 Å². The normalized spacial score (nSPS) is 30.1. The molecule has 4 heteroatoms. The van der Waals surface area contributed by atoms with Gasteiger partial charge in [-0.05, 0) is 64.5 Å². The summed E-state index contributed by atoms with van der Waals surface area (Å²) in [7, 11) is 0. The van der Waals surface area contributed by atoms with Gasteiger partial charge in [-0.1, -0.05) is 103 Å². The van der Waals surface area contributed by atoms with E-state index < -0.39 is 11.7 Å². The van der Waals surface area contributed by atoms with Crippen LogP contribution in [-0.2, 0) is 18.1 Å². The molecule has 1 spiro atoms. The molecule has 0 N–H and O–H groups in total. The molecule has 192 valence electrons. The molecule has 38 heavy (non-hydrogen) atoms. The minimum Gasteiger partial charge on any atom is -0.291 e. The van der Waals surface area contributed by atoms with Crippen molar-refractivity contribution in [3.63, 3.8) is 0 Å². The zero-order chi connectivity index (χ0) is 26.0. The van der Waals surface area contributed by atoms with Gasteiger partial charge >= 0.3 is 6.18 Å². The Bertz CT molecular complexity index is 1410. The summed E-state index contributed by atoms with van der Waals surface area (Å²) in [6, 6.07) is 38.8. The van der Waals surface area contributed by atoms with Crippen LogP contribution in [0.2, 0.25) is 0 Å². The lowest BCUT2D eigenvalue weighted by Crippen LogP contribution is -2.47. The Morgan fingerprint density at radius 2 is 1.24 bits per heavy atom. The fourth-order valence-corrected chi connectivity index (χ4v) is 8.46. The predicted molar refractivity (Wildman–Crippen MR) is 143 cm³/mol. The molecule has 4 fully saturated rings. The van der Waals surface area contributed by atoms with Crippen molar-refractivity contribution in [2.45, 2.75) is 42.9 Å². The molecule has 1 unspecified atom stereocenters. The van der Waals surface area contributed by atoms with Crippen LogP contribution < -0.4 is 0 Å². The zero-order valence-corrected chi connectivity index (χ0v) is 21.1. The molecular weight excluding hydrogens is 479 g/mol. The van der Waals surface area contributed by atoms with Crippen molar-refractivity contribution in [3.05, 3.63) is 143 Å². The Morgan fingerprint density at radius 3 is 1.82 bits per heavy atom. The van der Waals surface area contributed by atoms with Crippen molar-refractivity contribution in [2.75, 3.05) is 6.54 Å². The van der Waals surface area contributed by atoms with Crippen molar-refractivity contribution in [1.29, 1.82) is 0 Å². The Kier molecular flexibility index (Phi) is 5.35. The summed E-state index contributed by atoms with van der Waals surface area (Å²) in [5.74, 6) is 0.889. The molecule has 4 aromatic rings. The summed E-state index contributed by atoms with van der Waals surface area (Å²) in [5, 5.41) is 0. The van der Waals surface area contributed by atoms with Crippen molar-refractivity contribution in [2.24, 2.45) is 11.3 Å². The standard InChI is InChI=1S/C34H30F3N/c35-34(36,37)28-18-16-24(17-19-28)20-38-21-29-30(25-10-4-1-5-11-25)32(27-14-8-3-9-15-27)22-33(29,23-32)31(38)26-12-6-2-7-13-26/h1-19,29-31H,20-23H2/t29-,30?,31-,32?,33?/m1/s1. The number of nitrogens with zero attached hydrogens (tertiary/aromatic N) is 1. The second-order valence-electron chi connectivity index (χ2n) is 11.5. The van der Waals surface area contributed by atoms with Crippen LogP contribution >= 0.6 is 0 Å². The summed E-state index contributed by atoms with van der Waals surface area (Å²) < 4.78 is 39.6. The highest BCUT2D eigenvalue weighted by molar-refractivity contribution is 5.48. The Balaban J connectivity index is 1.30. The molecule has 3 saturated carbocycles. The van der Waals surface area contributed by atoms with E-state index >= 15 is 0 Å². The van der Waals surface area contributed by atoms with E-state index in [9.17, 15) is 13.2 Å². The molecule has 8 rings (SSSR count). The van der Waals surface area contributed by atoms with Crippen LogP contribution in [0.4, 0.5) is 13.2 Å². The fourth-order valence-electron chi connectivity index (χ4n) is 8.46. The maximum atomic E-state index is 13.2. The fraction of sp³-hybridized carbons (Fsp3) is 0.294. The van der Waals surface area contributed by atoms with E-state index in [1.807, 2.05) is 0 Å². The van der Waals surface area contributed by atoms with Crippen LogP contribution in [0, 0.1) is 11.3 Å². The average Bonchev–Trinajstić information content (AvgIpc) is 3.48. The quantitative estimate of drug-likeness (QED) is 0.261. The van der Waals surface area contributed by atoms with Gasteiger partial charge in [0.05, 0.1) is 5.56 Å². The molecule has 0 aromatic heterocycles. The first-order valence-electron chi connectivity index (χ1n) is 13.5. The first kappa shape index (κ1) is 23.7. The van der Waals surface area contributed by atoms with E-state index in [1.165, 1.54) is 28.8 Å². The number of rotatable bonds is 5. The highest BCUT2D eigenvalue weighted by Crippen LogP contribution is 2.82. The minimum atomic E-state index is -4.32. The molecule has 0 radical (unpaired) electrons. The van der Waals surface area contributed by atoms with Crippen LogP contribution in [0.1, 0.15) is 52.6 Å². The van der Waals surface area contributed by atoms with Gasteiger partial charge in [0, 0.05) is 24.5 Å². The molecular formula is C34H30F3N. The van der Waals surface area contributed by atoms with Gasteiger partial charge in [-0.3, -0.25) is 4.90 Å². The summed E-state index contributed by atoms with van der Waals surface area (Å²) in [6.07, 6.45) is -2.04. The van der Waals surface area contributed by atoms with Crippen molar-refractivity contribution in [1.82, 2.24) is 4.90 Å². The number of halogens is 3. The topological polar surface area (TPSA) is 3.24 Å². The van der Waals surface area contributed by atoms with Gasteiger partial charge < -0.3 is 0 Å². The van der Waals surface area contributed by atoms with E-state index in [0.29, 0.717) is 18.4 Å². The zero-order valence-electron chi connectivity index (χ0n) is 21.1. The third-order valence-electron chi connectivity index (χ3n) is 9.66. The SMILES string of the molecule is FC(F)(F)c1ccc(CN2C[C@@H]3C(c4ccccc4)C4(c5ccccc5)CC3(C4)[C@H]2c2ccccc2)cc1. The summed E-state index contributed by atoms with van der Waals surface area (Å²) >= 11 is 0. The largest absolute Gasteiger partial charge is 0.416 e. The highest BCUT2D eigenvalue weighted by atomic mass is 19.4. The second kappa shape index (κ2) is 8.57. The van der Waals surface area contributed by atoms with Crippen molar-refractivity contribution < 1.29 is 13.2 Å². The van der Waals surface area contributed by atoms with E-state index in [0.717, 1.165) is 24.9 Å². The van der Waals surface area contributed by atoms with Crippen LogP contribution in [0.15, 0.2) is 115 Å². The van der Waals surface area contributed by atoms with E-state index in [2.05, 4.69) is 95.9 Å². The van der Waals surface area contributed by atoms with Crippen molar-refractivity contribution in [3.8, 4) is 0 Å². The van der Waals surface area contributed by atoms with Crippen molar-refractivity contribution >= 4 is 0 Å². The Hall–Kier alpha value is -3.37. The number of alkyl halides is 3. The monoisotopic (exact) mass is 509 g/mol. The van der Waals surface area contributed by atoms with Gasteiger partial charge in [0.1, 0.15) is 0 Å². The highest BCUT2D eigenvalue weighted by Gasteiger charge is 2.77. The molecule has 0 amide bonds. The number of benzene rings is 4. The molecule has 1 nitrogen and oxygen atoms in total. The molecule has 4 aromatic carbocycles. The van der Waals surface area contributed by atoms with Gasteiger partial charge in [-0.15, -0.1) is 0 Å². The van der Waals surface area contributed by atoms with Crippen LogP contribution in [0.25, 0.3) is 0 Å². The molecule has 1 heterocycles. The lowest BCUT2D eigenvalue weighted by molar-refractivity contribution is -0.137. The Morgan fingerprint density at radius 1 is 0.684 bits per heavy atom. The van der Waals surface area contributed by atoms with Gasteiger partial charge in [-0.2, -0.15) is 13.2 Å². The van der Waals surface area contributed by atoms with Crippen LogP contribution in [-0.4, -0.2) is 11.4 Å². The maximum Gasteiger partial charge on any atom is 0.416 e. The van der Waals surface area contributed by atoms with E-state index in [4.69, 9.17) is 0 Å². The smallest absolute Gasteiger partial charge is 0.291 e. The summed E-state index contributed by atoms with van der Waals surface area (Å²) in [4.78, 5) is 2.55. The number of hydrogen-bond acceptors (Lipinski definition) is 1. The minimum absolute atomic E-state index is 0.126. The van der Waals surface area contributed by atoms with E-state index in [1.54, 1.807) is 12.1 Å². The maximum absolute atomic E-state index is 13.2.